The molecule has 28 heavy (non-hydrogen) atoms. The molecule has 0 saturated carbocycles. The maximum Gasteiger partial charge on any atom is 0.251 e. The highest BCUT2D eigenvalue weighted by atomic mass is 16.6. The quantitative estimate of drug-likeness (QED) is 0.863. The molecule has 2 aromatic rings. The summed E-state index contributed by atoms with van der Waals surface area (Å²) in [4.78, 5) is 15.0. The van der Waals surface area contributed by atoms with Crippen LogP contribution in [0.25, 0.3) is 0 Å². The number of amides is 1. The van der Waals surface area contributed by atoms with Gasteiger partial charge in [0.15, 0.2) is 11.5 Å². The van der Waals surface area contributed by atoms with Crippen LogP contribution >= 0.6 is 0 Å². The van der Waals surface area contributed by atoms with E-state index >= 15 is 0 Å². The molecular formula is C23H28N2O3. The zero-order valence-electron chi connectivity index (χ0n) is 16.4. The highest BCUT2D eigenvalue weighted by molar-refractivity contribution is 5.94. The van der Waals surface area contributed by atoms with Crippen LogP contribution in [0.5, 0.6) is 11.5 Å². The van der Waals surface area contributed by atoms with Crippen LogP contribution in [0.3, 0.4) is 0 Å². The molecule has 2 aliphatic rings. The van der Waals surface area contributed by atoms with Crippen molar-refractivity contribution in [1.29, 1.82) is 0 Å². The largest absolute Gasteiger partial charge is 0.486 e. The second-order valence-electron chi connectivity index (χ2n) is 7.89. The topological polar surface area (TPSA) is 50.8 Å². The maximum absolute atomic E-state index is 12.5. The predicted molar refractivity (Wildman–Crippen MR) is 109 cm³/mol. The van der Waals surface area contributed by atoms with Gasteiger partial charge in [0, 0.05) is 18.7 Å². The van der Waals surface area contributed by atoms with Crippen LogP contribution in [0.4, 0.5) is 0 Å². The summed E-state index contributed by atoms with van der Waals surface area (Å²) in [6, 6.07) is 15.5. The van der Waals surface area contributed by atoms with Gasteiger partial charge in [-0.2, -0.15) is 0 Å². The van der Waals surface area contributed by atoms with Crippen LogP contribution in [0.15, 0.2) is 48.5 Å². The third-order valence-corrected chi connectivity index (χ3v) is 5.42. The van der Waals surface area contributed by atoms with Gasteiger partial charge in [0.2, 0.25) is 0 Å². The van der Waals surface area contributed by atoms with E-state index in [-0.39, 0.29) is 12.0 Å². The second-order valence-corrected chi connectivity index (χ2v) is 7.89. The number of nitrogens with zero attached hydrogens (tertiary/aromatic N) is 1. The molecule has 148 valence electrons. The van der Waals surface area contributed by atoms with E-state index in [0.717, 1.165) is 30.5 Å². The van der Waals surface area contributed by atoms with E-state index in [2.05, 4.69) is 29.3 Å². The lowest BCUT2D eigenvalue weighted by Crippen LogP contribution is -2.40. The van der Waals surface area contributed by atoms with Crippen molar-refractivity contribution in [2.24, 2.45) is 5.92 Å². The van der Waals surface area contributed by atoms with Gasteiger partial charge < -0.3 is 14.8 Å². The van der Waals surface area contributed by atoms with Crippen LogP contribution in [0.1, 0.15) is 35.7 Å². The van der Waals surface area contributed by atoms with Crippen LogP contribution in [0.2, 0.25) is 0 Å². The molecule has 2 unspecified atom stereocenters. The Hall–Kier alpha value is -2.53. The fourth-order valence-corrected chi connectivity index (χ4v) is 3.92. The molecule has 2 aromatic carbocycles. The Bertz CT molecular complexity index is 806. The molecule has 0 aromatic heterocycles. The Kier molecular flexibility index (Phi) is 5.81. The van der Waals surface area contributed by atoms with Crippen molar-refractivity contribution in [3.8, 4) is 11.5 Å². The molecule has 2 atom stereocenters. The van der Waals surface area contributed by atoms with E-state index in [1.54, 1.807) is 0 Å². The number of likely N-dealkylation sites (tertiary alicyclic amines) is 1. The van der Waals surface area contributed by atoms with Crippen LogP contribution in [0, 0.1) is 5.92 Å². The van der Waals surface area contributed by atoms with Crippen LogP contribution in [-0.4, -0.2) is 43.2 Å². The highest BCUT2D eigenvalue weighted by Crippen LogP contribution is 2.30. The van der Waals surface area contributed by atoms with Crippen molar-refractivity contribution >= 4 is 5.91 Å². The lowest BCUT2D eigenvalue weighted by molar-refractivity contribution is 0.0789. The van der Waals surface area contributed by atoms with Crippen LogP contribution in [-0.2, 0) is 6.54 Å². The Morgan fingerprint density at radius 2 is 1.93 bits per heavy atom. The number of hydrogen-bond donors (Lipinski definition) is 1. The molecular weight excluding hydrogens is 352 g/mol. The average molecular weight is 380 g/mol. The monoisotopic (exact) mass is 380 g/mol. The Labute approximate surface area is 166 Å². The van der Waals surface area contributed by atoms with E-state index in [1.165, 1.54) is 24.9 Å². The SMILES string of the molecule is CC1CCCN(Cc2ccc(C(=O)NCC3COc4ccccc4O3)cc2)C1. The van der Waals surface area contributed by atoms with Gasteiger partial charge >= 0.3 is 0 Å². The van der Waals surface area contributed by atoms with Gasteiger partial charge in [-0.3, -0.25) is 9.69 Å². The molecule has 0 spiro atoms. The summed E-state index contributed by atoms with van der Waals surface area (Å²) in [5, 5.41) is 2.95. The standard InChI is InChI=1S/C23H28N2O3/c1-17-5-4-12-25(14-17)15-18-8-10-19(11-9-18)23(26)24-13-20-16-27-21-6-2-3-7-22(21)28-20/h2-3,6-11,17,20H,4-5,12-16H2,1H3,(H,24,26). The van der Waals surface area contributed by atoms with Gasteiger partial charge in [0.25, 0.3) is 5.91 Å². The summed E-state index contributed by atoms with van der Waals surface area (Å²) < 4.78 is 11.6. The summed E-state index contributed by atoms with van der Waals surface area (Å²) in [6.07, 6.45) is 2.43. The molecule has 0 radical (unpaired) electrons. The molecule has 4 rings (SSSR count). The molecule has 1 fully saturated rings. The molecule has 2 heterocycles. The summed E-state index contributed by atoms with van der Waals surface area (Å²) in [6.45, 7) is 6.46. The van der Waals surface area contributed by atoms with Gasteiger partial charge in [-0.25, -0.2) is 0 Å². The first-order valence-corrected chi connectivity index (χ1v) is 10.2. The van der Waals surface area contributed by atoms with Gasteiger partial charge in [0.05, 0.1) is 6.54 Å². The van der Waals surface area contributed by atoms with E-state index in [0.29, 0.717) is 18.7 Å². The number of rotatable bonds is 5. The van der Waals surface area contributed by atoms with E-state index in [9.17, 15) is 4.79 Å². The minimum Gasteiger partial charge on any atom is -0.486 e. The van der Waals surface area contributed by atoms with Crippen molar-refractivity contribution in [2.75, 3.05) is 26.2 Å². The van der Waals surface area contributed by atoms with Crippen molar-refractivity contribution in [1.82, 2.24) is 10.2 Å². The minimum absolute atomic E-state index is 0.0828. The fraction of sp³-hybridized carbons (Fsp3) is 0.435. The normalized spacial score (nSPS) is 21.9. The van der Waals surface area contributed by atoms with Crippen molar-refractivity contribution in [3.05, 3.63) is 59.7 Å². The maximum atomic E-state index is 12.5. The molecule has 5 nitrogen and oxygen atoms in total. The Balaban J connectivity index is 1.27. The molecule has 1 amide bonds. The Morgan fingerprint density at radius 1 is 1.14 bits per heavy atom. The third-order valence-electron chi connectivity index (χ3n) is 5.42. The molecule has 2 aliphatic heterocycles. The summed E-state index contributed by atoms with van der Waals surface area (Å²) in [7, 11) is 0. The predicted octanol–water partition coefficient (Wildman–Crippen LogP) is 3.49. The third kappa shape index (κ3) is 4.65. The number of fused-ring (bicyclic) bond motifs is 1. The minimum atomic E-state index is -0.181. The van der Waals surface area contributed by atoms with E-state index < -0.39 is 0 Å². The molecule has 5 heteroatoms. The molecule has 0 bridgehead atoms. The highest BCUT2D eigenvalue weighted by Gasteiger charge is 2.21. The molecule has 1 N–H and O–H groups in total. The first kappa shape index (κ1) is 18.8. The molecule has 0 aliphatic carbocycles. The van der Waals surface area contributed by atoms with Gasteiger partial charge in [-0.15, -0.1) is 0 Å². The summed E-state index contributed by atoms with van der Waals surface area (Å²) in [5.41, 5.74) is 1.93. The van der Waals surface area contributed by atoms with Gasteiger partial charge in [-0.1, -0.05) is 31.2 Å². The van der Waals surface area contributed by atoms with Crippen LogP contribution < -0.4 is 14.8 Å². The summed E-state index contributed by atoms with van der Waals surface area (Å²) in [5.74, 6) is 2.17. The Morgan fingerprint density at radius 3 is 2.71 bits per heavy atom. The molecule has 1 saturated heterocycles. The number of carbonyl (C=O) groups excluding carboxylic acids is 1. The van der Waals surface area contributed by atoms with E-state index in [1.807, 2.05) is 36.4 Å². The number of nitrogens with one attached hydrogen (secondary N) is 1. The zero-order chi connectivity index (χ0) is 19.3. The fourth-order valence-electron chi connectivity index (χ4n) is 3.92. The van der Waals surface area contributed by atoms with E-state index in [4.69, 9.17) is 9.47 Å². The first-order valence-electron chi connectivity index (χ1n) is 10.2. The van der Waals surface area contributed by atoms with Gasteiger partial charge in [0.1, 0.15) is 12.7 Å². The van der Waals surface area contributed by atoms with Crippen molar-refractivity contribution in [3.63, 3.8) is 0 Å². The number of benzene rings is 2. The smallest absolute Gasteiger partial charge is 0.251 e. The van der Waals surface area contributed by atoms with Crippen molar-refractivity contribution < 1.29 is 14.3 Å². The number of piperidine rings is 1. The summed E-state index contributed by atoms with van der Waals surface area (Å²) >= 11 is 0. The van der Waals surface area contributed by atoms with Gasteiger partial charge in [-0.05, 0) is 55.1 Å². The number of carbonyl (C=O) groups is 1. The number of para-hydroxylation sites is 2. The zero-order valence-corrected chi connectivity index (χ0v) is 16.4. The average Bonchev–Trinajstić information content (AvgIpc) is 2.72. The first-order chi connectivity index (χ1) is 13.7. The second kappa shape index (κ2) is 8.65. The lowest BCUT2D eigenvalue weighted by atomic mass is 9.99. The van der Waals surface area contributed by atoms with Crippen molar-refractivity contribution in [2.45, 2.75) is 32.4 Å². The number of hydrogen-bond acceptors (Lipinski definition) is 4. The number of ether oxygens (including phenoxy) is 2. The lowest BCUT2D eigenvalue weighted by Gasteiger charge is -2.30.